The first-order chi connectivity index (χ1) is 7.24. The summed E-state index contributed by atoms with van der Waals surface area (Å²) in [7, 11) is 0. The lowest BCUT2D eigenvalue weighted by Crippen LogP contribution is -2.02. The van der Waals surface area contributed by atoms with Gasteiger partial charge in [0.1, 0.15) is 17.2 Å². The summed E-state index contributed by atoms with van der Waals surface area (Å²) >= 11 is 0. The first kappa shape index (κ1) is 9.51. The van der Waals surface area contributed by atoms with Gasteiger partial charge in [-0.05, 0) is 19.1 Å². The molecule has 0 aliphatic heterocycles. The van der Waals surface area contributed by atoms with Crippen LogP contribution >= 0.6 is 0 Å². The van der Waals surface area contributed by atoms with Crippen molar-refractivity contribution >= 4 is 6.29 Å². The van der Waals surface area contributed by atoms with Crippen LogP contribution in [0, 0.1) is 12.7 Å². The van der Waals surface area contributed by atoms with Crippen molar-refractivity contribution in [2.24, 2.45) is 0 Å². The van der Waals surface area contributed by atoms with Gasteiger partial charge in [0.05, 0.1) is 5.69 Å². The van der Waals surface area contributed by atoms with Crippen LogP contribution in [-0.2, 0) is 0 Å². The van der Waals surface area contributed by atoms with Gasteiger partial charge in [-0.15, -0.1) is 5.10 Å². The molecular weight excluding hydrogens is 197 g/mol. The van der Waals surface area contributed by atoms with E-state index in [0.717, 1.165) is 0 Å². The minimum Gasteiger partial charge on any atom is -0.296 e. The molecule has 2 aromatic rings. The molecule has 1 aromatic carbocycles. The van der Waals surface area contributed by atoms with Crippen LogP contribution in [-0.4, -0.2) is 21.3 Å². The maximum atomic E-state index is 13.4. The molecule has 2 rings (SSSR count). The van der Waals surface area contributed by atoms with E-state index in [1.54, 1.807) is 25.1 Å². The van der Waals surface area contributed by atoms with Gasteiger partial charge in [-0.2, -0.15) is 0 Å². The minimum absolute atomic E-state index is 0.221. The highest BCUT2D eigenvalue weighted by atomic mass is 19.1. The van der Waals surface area contributed by atoms with E-state index in [4.69, 9.17) is 0 Å². The van der Waals surface area contributed by atoms with Crippen LogP contribution in [0.4, 0.5) is 4.39 Å². The Bertz CT molecular complexity index is 507. The summed E-state index contributed by atoms with van der Waals surface area (Å²) in [4.78, 5) is 10.5. The Morgan fingerprint density at radius 1 is 1.40 bits per heavy atom. The molecule has 0 atom stereocenters. The number of carbonyl (C=O) groups is 1. The molecule has 0 saturated heterocycles. The second-order valence-corrected chi connectivity index (χ2v) is 3.04. The number of aldehydes is 1. The molecule has 1 aromatic heterocycles. The lowest BCUT2D eigenvalue weighted by atomic mass is 10.3. The molecule has 0 unspecified atom stereocenters. The molecule has 0 aliphatic rings. The highest BCUT2D eigenvalue weighted by Crippen LogP contribution is 2.14. The van der Waals surface area contributed by atoms with E-state index < -0.39 is 5.82 Å². The Morgan fingerprint density at radius 3 is 2.73 bits per heavy atom. The van der Waals surface area contributed by atoms with Crippen LogP contribution < -0.4 is 0 Å². The summed E-state index contributed by atoms with van der Waals surface area (Å²) in [5.41, 5.74) is 1.03. The zero-order chi connectivity index (χ0) is 10.8. The predicted octanol–water partition coefficient (Wildman–Crippen LogP) is 1.53. The number of benzene rings is 1. The molecule has 0 N–H and O–H groups in total. The number of carbonyl (C=O) groups excluding carboxylic acids is 1. The van der Waals surface area contributed by atoms with Gasteiger partial charge in [-0.1, -0.05) is 17.3 Å². The van der Waals surface area contributed by atoms with Crippen LogP contribution in [0.3, 0.4) is 0 Å². The number of para-hydroxylation sites is 1. The summed E-state index contributed by atoms with van der Waals surface area (Å²) in [6, 6.07) is 6.19. The van der Waals surface area contributed by atoms with Crippen LogP contribution in [0.25, 0.3) is 5.69 Å². The SMILES string of the molecule is Cc1c(C=O)nnn1-c1ccccc1F. The Labute approximate surface area is 85.3 Å². The molecule has 0 fully saturated rings. The lowest BCUT2D eigenvalue weighted by Gasteiger charge is -2.03. The van der Waals surface area contributed by atoms with Crippen molar-refractivity contribution in [1.29, 1.82) is 0 Å². The maximum absolute atomic E-state index is 13.4. The third-order valence-electron chi connectivity index (χ3n) is 2.12. The fourth-order valence-electron chi connectivity index (χ4n) is 1.30. The molecule has 0 bridgehead atoms. The van der Waals surface area contributed by atoms with Gasteiger partial charge >= 0.3 is 0 Å². The third kappa shape index (κ3) is 1.52. The molecule has 0 radical (unpaired) electrons. The summed E-state index contributed by atoms with van der Waals surface area (Å²) in [5, 5.41) is 7.34. The molecule has 0 aliphatic carbocycles. The van der Waals surface area contributed by atoms with Crippen molar-refractivity contribution in [3.05, 3.63) is 41.5 Å². The molecule has 0 saturated carbocycles. The van der Waals surface area contributed by atoms with Crippen LogP contribution in [0.15, 0.2) is 24.3 Å². The Kier molecular flexibility index (Phi) is 2.29. The van der Waals surface area contributed by atoms with E-state index in [0.29, 0.717) is 12.0 Å². The van der Waals surface area contributed by atoms with E-state index in [1.807, 2.05) is 0 Å². The quantitative estimate of drug-likeness (QED) is 0.698. The summed E-state index contributed by atoms with van der Waals surface area (Å²) in [5.74, 6) is -0.400. The molecule has 4 nitrogen and oxygen atoms in total. The summed E-state index contributed by atoms with van der Waals surface area (Å²) in [6.07, 6.45) is 0.597. The van der Waals surface area contributed by atoms with Crippen molar-refractivity contribution in [3.63, 3.8) is 0 Å². The maximum Gasteiger partial charge on any atom is 0.172 e. The Hall–Kier alpha value is -2.04. The van der Waals surface area contributed by atoms with E-state index >= 15 is 0 Å². The average Bonchev–Trinajstić information content (AvgIpc) is 2.60. The molecule has 76 valence electrons. The van der Waals surface area contributed by atoms with Crippen molar-refractivity contribution in [3.8, 4) is 5.69 Å². The summed E-state index contributed by atoms with van der Waals surface area (Å²) < 4.78 is 14.7. The van der Waals surface area contributed by atoms with Gasteiger partial charge in [-0.3, -0.25) is 4.79 Å². The van der Waals surface area contributed by atoms with Crippen LogP contribution in [0.1, 0.15) is 16.2 Å². The second kappa shape index (κ2) is 3.61. The van der Waals surface area contributed by atoms with E-state index in [2.05, 4.69) is 10.3 Å². The number of nitrogens with zero attached hydrogens (tertiary/aromatic N) is 3. The lowest BCUT2D eigenvalue weighted by molar-refractivity contribution is 0.111. The summed E-state index contributed by atoms with van der Waals surface area (Å²) in [6.45, 7) is 1.66. The van der Waals surface area contributed by atoms with Gasteiger partial charge in [0.25, 0.3) is 0 Å². The van der Waals surface area contributed by atoms with Gasteiger partial charge in [0, 0.05) is 0 Å². The van der Waals surface area contributed by atoms with E-state index in [1.165, 1.54) is 10.7 Å². The highest BCUT2D eigenvalue weighted by molar-refractivity contribution is 5.73. The zero-order valence-corrected chi connectivity index (χ0v) is 8.01. The minimum atomic E-state index is -0.400. The topological polar surface area (TPSA) is 47.8 Å². The fourth-order valence-corrected chi connectivity index (χ4v) is 1.30. The van der Waals surface area contributed by atoms with E-state index in [9.17, 15) is 9.18 Å². The van der Waals surface area contributed by atoms with Gasteiger partial charge in [-0.25, -0.2) is 9.07 Å². The molecule has 0 spiro atoms. The number of halogens is 1. The van der Waals surface area contributed by atoms with E-state index in [-0.39, 0.29) is 11.4 Å². The van der Waals surface area contributed by atoms with Crippen molar-refractivity contribution in [1.82, 2.24) is 15.0 Å². The number of rotatable bonds is 2. The molecular formula is C10H8FN3O. The second-order valence-electron chi connectivity index (χ2n) is 3.04. The molecule has 15 heavy (non-hydrogen) atoms. The smallest absolute Gasteiger partial charge is 0.172 e. The van der Waals surface area contributed by atoms with Crippen molar-refractivity contribution in [2.75, 3.05) is 0 Å². The molecule has 5 heteroatoms. The Balaban J connectivity index is 2.59. The number of hydrogen-bond donors (Lipinski definition) is 0. The largest absolute Gasteiger partial charge is 0.296 e. The van der Waals surface area contributed by atoms with Crippen molar-refractivity contribution < 1.29 is 9.18 Å². The number of aromatic nitrogens is 3. The van der Waals surface area contributed by atoms with Crippen LogP contribution in [0.2, 0.25) is 0 Å². The van der Waals surface area contributed by atoms with Crippen LogP contribution in [0.5, 0.6) is 0 Å². The first-order valence-electron chi connectivity index (χ1n) is 4.36. The molecule has 0 amide bonds. The average molecular weight is 205 g/mol. The third-order valence-corrected chi connectivity index (χ3v) is 2.12. The van der Waals surface area contributed by atoms with Crippen molar-refractivity contribution in [2.45, 2.75) is 6.92 Å². The van der Waals surface area contributed by atoms with Gasteiger partial charge < -0.3 is 0 Å². The highest BCUT2D eigenvalue weighted by Gasteiger charge is 2.11. The normalized spacial score (nSPS) is 10.3. The zero-order valence-electron chi connectivity index (χ0n) is 8.01. The standard InChI is InChI=1S/C10H8FN3O/c1-7-9(6-15)12-13-14(7)10-5-3-2-4-8(10)11/h2-6H,1H3. The Morgan fingerprint density at radius 2 is 2.13 bits per heavy atom. The first-order valence-corrected chi connectivity index (χ1v) is 4.36. The predicted molar refractivity (Wildman–Crippen MR) is 51.4 cm³/mol. The van der Waals surface area contributed by atoms with Gasteiger partial charge in [0.2, 0.25) is 0 Å². The monoisotopic (exact) mass is 205 g/mol. The van der Waals surface area contributed by atoms with Gasteiger partial charge in [0.15, 0.2) is 6.29 Å². The number of hydrogen-bond acceptors (Lipinski definition) is 3. The fraction of sp³-hybridized carbons (Fsp3) is 0.100. The molecule has 1 heterocycles.